The van der Waals surface area contributed by atoms with Gasteiger partial charge in [-0.25, -0.2) is 9.59 Å². The first-order chi connectivity index (χ1) is 10.5. The lowest BCUT2D eigenvalue weighted by Crippen LogP contribution is -2.25. The van der Waals surface area contributed by atoms with Crippen LogP contribution in [0.2, 0.25) is 0 Å². The number of aryl methyl sites for hydroxylation is 2. The van der Waals surface area contributed by atoms with Crippen LogP contribution in [0.15, 0.2) is 21.3 Å². The zero-order valence-electron chi connectivity index (χ0n) is 12.9. The number of hydrogen-bond acceptors (Lipinski definition) is 5. The van der Waals surface area contributed by atoms with Crippen LogP contribution in [0.1, 0.15) is 30.0 Å². The van der Waals surface area contributed by atoms with Crippen LogP contribution in [-0.4, -0.2) is 19.2 Å². The van der Waals surface area contributed by atoms with E-state index in [4.69, 9.17) is 13.9 Å². The van der Waals surface area contributed by atoms with Gasteiger partial charge in [-0.1, -0.05) is 0 Å². The third-order valence-corrected chi connectivity index (χ3v) is 4.02. The zero-order chi connectivity index (χ0) is 15.9. The van der Waals surface area contributed by atoms with E-state index in [9.17, 15) is 9.59 Å². The molecule has 5 heteroatoms. The molecule has 0 amide bonds. The minimum atomic E-state index is -0.723. The predicted molar refractivity (Wildman–Crippen MR) is 81.4 cm³/mol. The molecule has 0 saturated heterocycles. The maximum atomic E-state index is 12.0. The number of ether oxygens (including phenoxy) is 2. The minimum absolute atomic E-state index is 0.266. The minimum Gasteiger partial charge on any atom is -0.478 e. The van der Waals surface area contributed by atoms with Crippen molar-refractivity contribution in [2.24, 2.45) is 0 Å². The summed E-state index contributed by atoms with van der Waals surface area (Å²) in [6.45, 7) is 3.53. The highest BCUT2D eigenvalue weighted by atomic mass is 16.6. The Hall–Kier alpha value is -2.30. The van der Waals surface area contributed by atoms with E-state index in [0.717, 1.165) is 41.3 Å². The zero-order valence-corrected chi connectivity index (χ0v) is 12.9. The summed E-state index contributed by atoms with van der Waals surface area (Å²) in [7, 11) is 1.33. The summed E-state index contributed by atoms with van der Waals surface area (Å²) in [5.74, 6) is 0.124. The molecule has 0 aliphatic heterocycles. The van der Waals surface area contributed by atoms with E-state index < -0.39 is 12.1 Å². The van der Waals surface area contributed by atoms with Crippen LogP contribution in [0.3, 0.4) is 0 Å². The smallest absolute Gasteiger partial charge is 0.346 e. The highest BCUT2D eigenvalue weighted by Crippen LogP contribution is 2.35. The number of esters is 1. The Kier molecular flexibility index (Phi) is 3.64. The molecule has 3 rings (SSSR count). The molecular weight excluding hydrogens is 284 g/mol. The van der Waals surface area contributed by atoms with Crippen LogP contribution < -0.4 is 10.4 Å². The van der Waals surface area contributed by atoms with Crippen LogP contribution in [0, 0.1) is 6.92 Å². The van der Waals surface area contributed by atoms with Gasteiger partial charge in [0, 0.05) is 5.56 Å². The molecule has 1 aliphatic rings. The van der Waals surface area contributed by atoms with Gasteiger partial charge >= 0.3 is 11.6 Å². The summed E-state index contributed by atoms with van der Waals surface area (Å²) in [6.07, 6.45) is 1.76. The predicted octanol–water partition coefficient (Wildman–Crippen LogP) is 2.53. The molecule has 0 unspecified atom stereocenters. The molecule has 0 N–H and O–H groups in total. The molecule has 1 atom stereocenters. The van der Waals surface area contributed by atoms with Gasteiger partial charge in [-0.05, 0) is 56.4 Å². The average Bonchev–Trinajstić information content (AvgIpc) is 2.95. The van der Waals surface area contributed by atoms with E-state index in [-0.39, 0.29) is 5.63 Å². The summed E-state index contributed by atoms with van der Waals surface area (Å²) in [5.41, 5.74) is 2.86. The van der Waals surface area contributed by atoms with Crippen LogP contribution in [-0.2, 0) is 22.4 Å². The van der Waals surface area contributed by atoms with Crippen molar-refractivity contribution in [2.45, 2.75) is 39.2 Å². The van der Waals surface area contributed by atoms with E-state index in [1.807, 2.05) is 19.1 Å². The van der Waals surface area contributed by atoms with Crippen molar-refractivity contribution in [3.63, 3.8) is 0 Å². The summed E-state index contributed by atoms with van der Waals surface area (Å²) >= 11 is 0. The Balaban J connectivity index is 2.19. The van der Waals surface area contributed by atoms with Gasteiger partial charge in [-0.15, -0.1) is 0 Å². The molecule has 0 radical (unpaired) electrons. The van der Waals surface area contributed by atoms with Gasteiger partial charge in [0.05, 0.1) is 12.5 Å². The summed E-state index contributed by atoms with van der Waals surface area (Å²) in [4.78, 5) is 23.6. The van der Waals surface area contributed by atoms with Crippen LogP contribution in [0.4, 0.5) is 0 Å². The fourth-order valence-electron chi connectivity index (χ4n) is 3.00. The Bertz CT molecular complexity index is 803. The molecule has 1 aromatic carbocycles. The van der Waals surface area contributed by atoms with Crippen molar-refractivity contribution in [3.05, 3.63) is 39.2 Å². The van der Waals surface area contributed by atoms with Crippen LogP contribution in [0.5, 0.6) is 5.75 Å². The first-order valence-electron chi connectivity index (χ1n) is 7.35. The second-order valence-electron chi connectivity index (χ2n) is 5.62. The maximum Gasteiger partial charge on any atom is 0.346 e. The van der Waals surface area contributed by atoms with Crippen molar-refractivity contribution in [3.8, 4) is 5.75 Å². The van der Waals surface area contributed by atoms with Gasteiger partial charge < -0.3 is 13.9 Å². The molecule has 2 aromatic rings. The number of fused-ring (bicyclic) bond motifs is 3. The SMILES string of the molecule is COC(=O)[C@H](C)Oc1cc(C)cc2oc(=O)c3c(c12)CCC3. The van der Waals surface area contributed by atoms with Crippen molar-refractivity contribution < 1.29 is 18.7 Å². The van der Waals surface area contributed by atoms with Gasteiger partial charge in [0.2, 0.25) is 0 Å². The second-order valence-corrected chi connectivity index (χ2v) is 5.62. The lowest BCUT2D eigenvalue weighted by Gasteiger charge is -2.16. The molecule has 1 aliphatic carbocycles. The standard InChI is InChI=1S/C17H18O5/c1-9-7-13(21-10(2)16(18)20-3)15-11-5-4-6-12(11)17(19)22-14(15)8-9/h7-8,10H,4-6H2,1-3H3/t10-/m0/s1. The molecule has 0 saturated carbocycles. The van der Waals surface area contributed by atoms with Crippen molar-refractivity contribution in [2.75, 3.05) is 7.11 Å². The third kappa shape index (κ3) is 2.36. The summed E-state index contributed by atoms with van der Waals surface area (Å²) in [6, 6.07) is 3.69. The molecule has 0 spiro atoms. The Morgan fingerprint density at radius 1 is 1.27 bits per heavy atom. The molecule has 1 aromatic heterocycles. The first kappa shape index (κ1) is 14.6. The van der Waals surface area contributed by atoms with Gasteiger partial charge in [-0.3, -0.25) is 0 Å². The maximum absolute atomic E-state index is 12.0. The van der Waals surface area contributed by atoms with Crippen LogP contribution >= 0.6 is 0 Å². The van der Waals surface area contributed by atoms with Gasteiger partial charge in [0.15, 0.2) is 6.10 Å². The van der Waals surface area contributed by atoms with Gasteiger partial charge in [0.1, 0.15) is 11.3 Å². The van der Waals surface area contributed by atoms with Crippen molar-refractivity contribution in [1.82, 2.24) is 0 Å². The third-order valence-electron chi connectivity index (χ3n) is 4.02. The monoisotopic (exact) mass is 302 g/mol. The Labute approximate surface area is 127 Å². The topological polar surface area (TPSA) is 65.7 Å². The molecule has 116 valence electrons. The Morgan fingerprint density at radius 2 is 2.00 bits per heavy atom. The Morgan fingerprint density at radius 3 is 2.73 bits per heavy atom. The van der Waals surface area contributed by atoms with E-state index in [1.54, 1.807) is 6.92 Å². The largest absolute Gasteiger partial charge is 0.478 e. The van der Waals surface area contributed by atoms with E-state index in [1.165, 1.54) is 7.11 Å². The van der Waals surface area contributed by atoms with Crippen molar-refractivity contribution in [1.29, 1.82) is 0 Å². The summed E-state index contributed by atoms with van der Waals surface area (Å²) < 4.78 is 15.9. The number of carbonyl (C=O) groups is 1. The number of benzene rings is 1. The average molecular weight is 302 g/mol. The first-order valence-corrected chi connectivity index (χ1v) is 7.35. The fourth-order valence-corrected chi connectivity index (χ4v) is 3.00. The summed E-state index contributed by atoms with van der Waals surface area (Å²) in [5, 5.41) is 0.799. The second kappa shape index (κ2) is 5.48. The number of rotatable bonds is 3. The molecule has 0 bridgehead atoms. The van der Waals surface area contributed by atoms with E-state index in [0.29, 0.717) is 11.3 Å². The highest BCUT2D eigenvalue weighted by molar-refractivity contribution is 5.89. The molecule has 1 heterocycles. The lowest BCUT2D eigenvalue weighted by atomic mass is 10.0. The fraction of sp³-hybridized carbons (Fsp3) is 0.412. The number of hydrogen-bond donors (Lipinski definition) is 0. The molecule has 5 nitrogen and oxygen atoms in total. The number of carbonyl (C=O) groups excluding carboxylic acids is 1. The van der Waals surface area contributed by atoms with E-state index >= 15 is 0 Å². The van der Waals surface area contributed by atoms with Gasteiger partial charge in [-0.2, -0.15) is 0 Å². The lowest BCUT2D eigenvalue weighted by molar-refractivity contribution is -0.147. The molecule has 22 heavy (non-hydrogen) atoms. The van der Waals surface area contributed by atoms with Crippen molar-refractivity contribution >= 4 is 16.9 Å². The van der Waals surface area contributed by atoms with Crippen LogP contribution in [0.25, 0.3) is 11.0 Å². The highest BCUT2D eigenvalue weighted by Gasteiger charge is 2.24. The van der Waals surface area contributed by atoms with E-state index in [2.05, 4.69) is 0 Å². The van der Waals surface area contributed by atoms with Gasteiger partial charge in [0.25, 0.3) is 0 Å². The molecule has 0 fully saturated rings. The molecular formula is C17H18O5. The quantitative estimate of drug-likeness (QED) is 0.644. The number of methoxy groups -OCH3 is 1. The normalized spacial score (nSPS) is 14.7.